The summed E-state index contributed by atoms with van der Waals surface area (Å²) in [6.07, 6.45) is 2.77. The van der Waals surface area contributed by atoms with E-state index in [1.807, 2.05) is 30.3 Å². The first-order chi connectivity index (χ1) is 16.0. The maximum Gasteiger partial charge on any atom is 0.331 e. The maximum absolute atomic E-state index is 12.0. The number of nitrogens with one attached hydrogen (secondary N) is 1. The second kappa shape index (κ2) is 11.9. The summed E-state index contributed by atoms with van der Waals surface area (Å²) in [5.41, 5.74) is 2.11. The number of rotatable bonds is 9. The molecule has 0 saturated heterocycles. The number of methoxy groups -OCH3 is 1. The first kappa shape index (κ1) is 23.3. The predicted octanol–water partition coefficient (Wildman–Crippen LogP) is 3.79. The Balaban J connectivity index is 1.40. The van der Waals surface area contributed by atoms with Crippen molar-refractivity contribution in [3.63, 3.8) is 0 Å². The zero-order chi connectivity index (χ0) is 23.5. The average molecular weight is 445 g/mol. The summed E-state index contributed by atoms with van der Waals surface area (Å²) in [5, 5.41) is 2.16. The van der Waals surface area contributed by atoms with Crippen molar-refractivity contribution in [1.29, 1.82) is 0 Å². The summed E-state index contributed by atoms with van der Waals surface area (Å²) >= 11 is 0. The van der Waals surface area contributed by atoms with Gasteiger partial charge in [-0.3, -0.25) is 14.9 Å². The van der Waals surface area contributed by atoms with Crippen LogP contribution >= 0.6 is 0 Å². The fourth-order valence-electron chi connectivity index (χ4n) is 2.74. The van der Waals surface area contributed by atoms with E-state index in [9.17, 15) is 14.4 Å². The molecule has 3 aromatic rings. The van der Waals surface area contributed by atoms with Gasteiger partial charge in [-0.25, -0.2) is 4.79 Å². The van der Waals surface area contributed by atoms with Crippen molar-refractivity contribution in [1.82, 2.24) is 5.32 Å². The summed E-state index contributed by atoms with van der Waals surface area (Å²) in [6, 6.07) is 23.3. The zero-order valence-corrected chi connectivity index (χ0v) is 18.0. The maximum atomic E-state index is 12.0. The predicted molar refractivity (Wildman–Crippen MR) is 123 cm³/mol. The van der Waals surface area contributed by atoms with Crippen LogP contribution in [0.3, 0.4) is 0 Å². The Bertz CT molecular complexity index is 1110. The topological polar surface area (TPSA) is 90.9 Å². The molecule has 0 bridgehead atoms. The molecule has 0 aliphatic heterocycles. The summed E-state index contributed by atoms with van der Waals surface area (Å²) in [6.45, 7) is -0.108. The highest BCUT2D eigenvalue weighted by Gasteiger charge is 2.12. The van der Waals surface area contributed by atoms with Crippen molar-refractivity contribution >= 4 is 23.9 Å². The molecule has 0 aromatic heterocycles. The number of imide groups is 1. The van der Waals surface area contributed by atoms with E-state index in [1.165, 1.54) is 25.3 Å². The van der Waals surface area contributed by atoms with Gasteiger partial charge in [-0.2, -0.15) is 0 Å². The highest BCUT2D eigenvalue weighted by Crippen LogP contribution is 2.15. The Morgan fingerprint density at radius 3 is 2.18 bits per heavy atom. The van der Waals surface area contributed by atoms with Crippen molar-refractivity contribution in [2.75, 3.05) is 13.7 Å². The van der Waals surface area contributed by atoms with Gasteiger partial charge in [0.2, 0.25) is 0 Å². The van der Waals surface area contributed by atoms with Gasteiger partial charge in [0.25, 0.3) is 11.8 Å². The second-order valence-corrected chi connectivity index (χ2v) is 6.89. The summed E-state index contributed by atoms with van der Waals surface area (Å²) in [5.74, 6) is -0.725. The fourth-order valence-corrected chi connectivity index (χ4v) is 2.74. The molecule has 0 aliphatic rings. The number of amides is 2. The largest absolute Gasteiger partial charge is 0.497 e. The summed E-state index contributed by atoms with van der Waals surface area (Å²) < 4.78 is 15.6. The van der Waals surface area contributed by atoms with Gasteiger partial charge in [0.05, 0.1) is 7.11 Å². The van der Waals surface area contributed by atoms with Gasteiger partial charge in [-0.15, -0.1) is 0 Å². The molecular formula is C26H23NO6. The van der Waals surface area contributed by atoms with Gasteiger partial charge in [-0.05, 0) is 53.6 Å². The molecule has 0 saturated carbocycles. The van der Waals surface area contributed by atoms with E-state index in [2.05, 4.69) is 5.32 Å². The van der Waals surface area contributed by atoms with Crippen LogP contribution in [-0.4, -0.2) is 31.5 Å². The minimum absolute atomic E-state index is 0.284. The molecule has 3 aromatic carbocycles. The van der Waals surface area contributed by atoms with E-state index in [0.717, 1.165) is 11.1 Å². The smallest absolute Gasteiger partial charge is 0.331 e. The summed E-state index contributed by atoms with van der Waals surface area (Å²) in [7, 11) is 1.51. The third kappa shape index (κ3) is 7.66. The Morgan fingerprint density at radius 2 is 1.52 bits per heavy atom. The van der Waals surface area contributed by atoms with E-state index in [-0.39, 0.29) is 5.56 Å². The molecule has 0 unspecified atom stereocenters. The standard InChI is InChI=1S/C26H23NO6/c1-31-22-14-10-21(11-15-22)26(30)27-24(28)18-33-25(29)16-9-19-7-12-23(13-8-19)32-17-20-5-3-2-4-6-20/h2-16H,17-18H2,1H3,(H,27,28,30)/b16-9+. The molecule has 7 nitrogen and oxygen atoms in total. The van der Waals surface area contributed by atoms with Gasteiger partial charge >= 0.3 is 5.97 Å². The van der Waals surface area contributed by atoms with Gasteiger partial charge in [0, 0.05) is 11.6 Å². The van der Waals surface area contributed by atoms with Crippen LogP contribution in [0.4, 0.5) is 0 Å². The highest BCUT2D eigenvalue weighted by molar-refractivity contribution is 6.05. The molecule has 33 heavy (non-hydrogen) atoms. The van der Waals surface area contributed by atoms with E-state index in [4.69, 9.17) is 14.2 Å². The van der Waals surface area contributed by atoms with Crippen molar-refractivity contribution < 1.29 is 28.6 Å². The van der Waals surface area contributed by atoms with Crippen LogP contribution < -0.4 is 14.8 Å². The first-order valence-corrected chi connectivity index (χ1v) is 10.1. The van der Waals surface area contributed by atoms with Crippen molar-refractivity contribution in [2.24, 2.45) is 0 Å². The zero-order valence-electron chi connectivity index (χ0n) is 18.0. The molecule has 0 fully saturated rings. The molecule has 0 spiro atoms. The van der Waals surface area contributed by atoms with Gasteiger partial charge < -0.3 is 14.2 Å². The van der Waals surface area contributed by atoms with Crippen molar-refractivity contribution in [3.8, 4) is 11.5 Å². The normalized spacial score (nSPS) is 10.5. The Kier molecular flexibility index (Phi) is 8.36. The lowest BCUT2D eigenvalue weighted by Crippen LogP contribution is -2.34. The number of carbonyl (C=O) groups excluding carboxylic acids is 3. The molecule has 0 heterocycles. The van der Waals surface area contributed by atoms with Crippen molar-refractivity contribution in [2.45, 2.75) is 6.61 Å². The molecular weight excluding hydrogens is 422 g/mol. The minimum atomic E-state index is -0.725. The SMILES string of the molecule is COc1ccc(C(=O)NC(=O)COC(=O)/C=C/c2ccc(OCc3ccccc3)cc2)cc1. The van der Waals surface area contributed by atoms with E-state index >= 15 is 0 Å². The third-order valence-electron chi connectivity index (χ3n) is 4.49. The van der Waals surface area contributed by atoms with E-state index in [1.54, 1.807) is 42.5 Å². The molecule has 168 valence electrons. The molecule has 0 atom stereocenters. The quantitative estimate of drug-likeness (QED) is 0.398. The number of benzene rings is 3. The van der Waals surface area contributed by atoms with Crippen LogP contribution in [0.1, 0.15) is 21.5 Å². The van der Waals surface area contributed by atoms with Gasteiger partial charge in [-0.1, -0.05) is 42.5 Å². The number of hydrogen-bond acceptors (Lipinski definition) is 6. The summed E-state index contributed by atoms with van der Waals surface area (Å²) in [4.78, 5) is 35.7. The lowest BCUT2D eigenvalue weighted by molar-refractivity contribution is -0.143. The van der Waals surface area contributed by atoms with Gasteiger partial charge in [0.1, 0.15) is 18.1 Å². The number of carbonyl (C=O) groups is 3. The monoisotopic (exact) mass is 445 g/mol. The molecule has 0 radical (unpaired) electrons. The Hall–Kier alpha value is -4.39. The number of esters is 1. The Morgan fingerprint density at radius 1 is 0.848 bits per heavy atom. The molecule has 0 aliphatic carbocycles. The molecule has 7 heteroatoms. The van der Waals surface area contributed by atoms with Gasteiger partial charge in [0.15, 0.2) is 6.61 Å². The number of hydrogen-bond donors (Lipinski definition) is 1. The van der Waals surface area contributed by atoms with E-state index < -0.39 is 24.4 Å². The Labute approximate surface area is 191 Å². The van der Waals surface area contributed by atoms with Crippen LogP contribution in [0.5, 0.6) is 11.5 Å². The van der Waals surface area contributed by atoms with Crippen LogP contribution in [-0.2, 0) is 20.9 Å². The molecule has 3 rings (SSSR count). The molecule has 2 amide bonds. The highest BCUT2D eigenvalue weighted by atomic mass is 16.5. The average Bonchev–Trinajstić information content (AvgIpc) is 2.86. The van der Waals surface area contributed by atoms with Crippen LogP contribution in [0, 0.1) is 0 Å². The van der Waals surface area contributed by atoms with Crippen LogP contribution in [0.25, 0.3) is 6.08 Å². The minimum Gasteiger partial charge on any atom is -0.497 e. The lowest BCUT2D eigenvalue weighted by Gasteiger charge is -2.06. The van der Waals surface area contributed by atoms with E-state index in [0.29, 0.717) is 18.1 Å². The first-order valence-electron chi connectivity index (χ1n) is 10.1. The van der Waals surface area contributed by atoms with Crippen molar-refractivity contribution in [3.05, 3.63) is 102 Å². The fraction of sp³-hybridized carbons (Fsp3) is 0.115. The van der Waals surface area contributed by atoms with Crippen LogP contribution in [0.2, 0.25) is 0 Å². The lowest BCUT2D eigenvalue weighted by atomic mass is 10.2. The molecule has 1 N–H and O–H groups in total. The van der Waals surface area contributed by atoms with Crippen LogP contribution in [0.15, 0.2) is 84.9 Å². The second-order valence-electron chi connectivity index (χ2n) is 6.89. The third-order valence-corrected chi connectivity index (χ3v) is 4.49. The number of ether oxygens (including phenoxy) is 3.